The van der Waals surface area contributed by atoms with Gasteiger partial charge < -0.3 is 19.9 Å². The Balaban J connectivity index is 1.62. The first-order chi connectivity index (χ1) is 16.6. The summed E-state index contributed by atoms with van der Waals surface area (Å²) in [5, 5.41) is 13.7. The van der Waals surface area contributed by atoms with E-state index in [2.05, 4.69) is 10.6 Å². The van der Waals surface area contributed by atoms with Crippen molar-refractivity contribution in [3.63, 3.8) is 0 Å². The van der Waals surface area contributed by atoms with Crippen molar-refractivity contribution in [2.45, 2.75) is 23.8 Å². The summed E-state index contributed by atoms with van der Waals surface area (Å²) in [6.07, 6.45) is -0.859. The predicted molar refractivity (Wildman–Crippen MR) is 125 cm³/mol. The number of hydrogen-bond acceptors (Lipinski definition) is 6. The number of carbonyl (C=O) groups is 2. The van der Waals surface area contributed by atoms with Crippen LogP contribution in [-0.2, 0) is 19.6 Å². The Labute approximate surface area is 206 Å². The molecule has 35 heavy (non-hydrogen) atoms. The van der Waals surface area contributed by atoms with Crippen LogP contribution in [0.4, 0.5) is 20.6 Å². The van der Waals surface area contributed by atoms with Crippen LogP contribution in [0, 0.1) is 11.7 Å². The first-order valence-electron chi connectivity index (χ1n) is 10.8. The molecule has 188 valence electrons. The van der Waals surface area contributed by atoms with Crippen LogP contribution >= 0.6 is 11.6 Å². The molecule has 1 saturated heterocycles. The van der Waals surface area contributed by atoms with Crippen molar-refractivity contribution in [3.05, 3.63) is 47.2 Å². The third-order valence-corrected chi connectivity index (χ3v) is 7.78. The SMILES string of the molecule is O=C(O)Nc1ccc2c(c1)N(S(=O)(=O)c1ccc(F)c(Cl)c1)CC(CNC(=O)C1CCOCC1)O2. The Morgan fingerprint density at radius 2 is 1.91 bits per heavy atom. The number of carboxylic acid groups (broad SMARTS) is 1. The summed E-state index contributed by atoms with van der Waals surface area (Å²) in [6, 6.07) is 7.23. The Morgan fingerprint density at radius 1 is 1.17 bits per heavy atom. The number of anilines is 2. The lowest BCUT2D eigenvalue weighted by Crippen LogP contribution is -2.49. The van der Waals surface area contributed by atoms with Crippen LogP contribution in [0.2, 0.25) is 5.02 Å². The number of amides is 2. The predicted octanol–water partition coefficient (Wildman–Crippen LogP) is 3.07. The molecule has 2 aliphatic rings. The molecular formula is C22H23ClFN3O7S. The van der Waals surface area contributed by atoms with Gasteiger partial charge in [-0.3, -0.25) is 14.4 Å². The number of fused-ring (bicyclic) bond motifs is 1. The van der Waals surface area contributed by atoms with Gasteiger partial charge in [0.2, 0.25) is 5.91 Å². The smallest absolute Gasteiger partial charge is 0.409 e. The maximum atomic E-state index is 13.7. The van der Waals surface area contributed by atoms with E-state index in [4.69, 9.17) is 26.2 Å². The number of ether oxygens (including phenoxy) is 2. The molecule has 0 bridgehead atoms. The first kappa shape index (κ1) is 25.0. The summed E-state index contributed by atoms with van der Waals surface area (Å²) in [6.45, 7) is 0.866. The Kier molecular flexibility index (Phi) is 7.33. The van der Waals surface area contributed by atoms with Gasteiger partial charge in [-0.25, -0.2) is 17.6 Å². The minimum Gasteiger partial charge on any atom is -0.484 e. The summed E-state index contributed by atoms with van der Waals surface area (Å²) in [7, 11) is -4.25. The summed E-state index contributed by atoms with van der Waals surface area (Å²) in [5.74, 6) is -0.946. The maximum absolute atomic E-state index is 13.7. The van der Waals surface area contributed by atoms with E-state index in [1.165, 1.54) is 18.2 Å². The van der Waals surface area contributed by atoms with Crippen molar-refractivity contribution in [2.24, 2.45) is 5.92 Å². The Hall–Kier alpha value is -3.09. The zero-order valence-electron chi connectivity index (χ0n) is 18.4. The van der Waals surface area contributed by atoms with E-state index in [0.29, 0.717) is 26.1 Å². The monoisotopic (exact) mass is 527 g/mol. The zero-order chi connectivity index (χ0) is 25.2. The van der Waals surface area contributed by atoms with Crippen LogP contribution in [-0.4, -0.2) is 57.9 Å². The lowest BCUT2D eigenvalue weighted by molar-refractivity contribution is -0.128. The summed E-state index contributed by atoms with van der Waals surface area (Å²) < 4.78 is 53.0. The second-order valence-electron chi connectivity index (χ2n) is 8.10. The van der Waals surface area contributed by atoms with Crippen LogP contribution in [0.5, 0.6) is 5.75 Å². The molecule has 1 fully saturated rings. The summed E-state index contributed by atoms with van der Waals surface area (Å²) in [4.78, 5) is 23.3. The van der Waals surface area contributed by atoms with Crippen LogP contribution < -0.4 is 19.7 Å². The molecule has 2 aliphatic heterocycles. The van der Waals surface area contributed by atoms with E-state index < -0.39 is 28.0 Å². The number of halogens is 2. The molecule has 0 radical (unpaired) electrons. The molecule has 10 nitrogen and oxygen atoms in total. The van der Waals surface area contributed by atoms with E-state index in [9.17, 15) is 22.4 Å². The zero-order valence-corrected chi connectivity index (χ0v) is 19.9. The highest BCUT2D eigenvalue weighted by Gasteiger charge is 2.36. The molecule has 0 aromatic heterocycles. The molecule has 0 spiro atoms. The number of rotatable bonds is 6. The van der Waals surface area contributed by atoms with Crippen molar-refractivity contribution >= 4 is 45.0 Å². The van der Waals surface area contributed by atoms with Crippen molar-refractivity contribution < 1.29 is 37.0 Å². The highest BCUT2D eigenvalue weighted by molar-refractivity contribution is 7.92. The maximum Gasteiger partial charge on any atom is 0.409 e. The van der Waals surface area contributed by atoms with Crippen LogP contribution in [0.3, 0.4) is 0 Å². The minimum absolute atomic E-state index is 0.0426. The van der Waals surface area contributed by atoms with Gasteiger partial charge in [0.25, 0.3) is 10.0 Å². The first-order valence-corrected chi connectivity index (χ1v) is 12.6. The minimum atomic E-state index is -4.25. The third-order valence-electron chi connectivity index (χ3n) is 5.72. The highest BCUT2D eigenvalue weighted by atomic mass is 35.5. The van der Waals surface area contributed by atoms with Gasteiger partial charge in [-0.1, -0.05) is 11.6 Å². The number of nitrogens with one attached hydrogen (secondary N) is 2. The van der Waals surface area contributed by atoms with E-state index >= 15 is 0 Å². The molecule has 2 aromatic carbocycles. The fraction of sp³-hybridized carbons (Fsp3) is 0.364. The summed E-state index contributed by atoms with van der Waals surface area (Å²) >= 11 is 5.81. The molecular weight excluding hydrogens is 505 g/mol. The molecule has 1 unspecified atom stereocenters. The fourth-order valence-electron chi connectivity index (χ4n) is 3.93. The average molecular weight is 528 g/mol. The van der Waals surface area contributed by atoms with E-state index in [1.807, 2.05) is 0 Å². The average Bonchev–Trinajstić information content (AvgIpc) is 2.83. The van der Waals surface area contributed by atoms with Gasteiger partial charge in [0, 0.05) is 24.8 Å². The van der Waals surface area contributed by atoms with Crippen LogP contribution in [0.15, 0.2) is 41.3 Å². The topological polar surface area (TPSA) is 134 Å². The largest absolute Gasteiger partial charge is 0.484 e. The molecule has 13 heteroatoms. The summed E-state index contributed by atoms with van der Waals surface area (Å²) in [5.41, 5.74) is 0.215. The molecule has 2 amide bonds. The van der Waals surface area contributed by atoms with Gasteiger partial charge in [0.15, 0.2) is 0 Å². The Morgan fingerprint density at radius 3 is 2.60 bits per heavy atom. The molecule has 0 aliphatic carbocycles. The fourth-order valence-corrected chi connectivity index (χ4v) is 5.70. The van der Waals surface area contributed by atoms with Gasteiger partial charge in [-0.2, -0.15) is 0 Å². The van der Waals surface area contributed by atoms with Crippen LogP contribution in [0.1, 0.15) is 12.8 Å². The van der Waals surface area contributed by atoms with E-state index in [0.717, 1.165) is 22.5 Å². The van der Waals surface area contributed by atoms with Gasteiger partial charge in [-0.05, 0) is 49.2 Å². The standard InChI is InChI=1S/C22H23ClFN3O7S/c23-17-10-16(2-3-18(17)24)35(31,32)27-12-15(11-25-21(28)13-5-7-33-8-6-13)34-20-4-1-14(9-19(20)27)26-22(29)30/h1-4,9-10,13,15,26H,5-8,11-12H2,(H,25,28)(H,29,30). The van der Waals surface area contributed by atoms with Gasteiger partial charge in [0.1, 0.15) is 17.7 Å². The molecule has 0 saturated carbocycles. The lowest BCUT2D eigenvalue weighted by Gasteiger charge is -2.36. The molecule has 3 N–H and O–H groups in total. The number of hydrogen-bond donors (Lipinski definition) is 3. The molecule has 2 aromatic rings. The Bertz CT molecular complexity index is 1240. The van der Waals surface area contributed by atoms with Crippen molar-refractivity contribution in [1.82, 2.24) is 5.32 Å². The van der Waals surface area contributed by atoms with Crippen molar-refractivity contribution in [3.8, 4) is 5.75 Å². The second kappa shape index (κ2) is 10.3. The van der Waals surface area contributed by atoms with E-state index in [-0.39, 0.29) is 52.0 Å². The molecule has 4 rings (SSSR count). The van der Waals surface area contributed by atoms with Gasteiger partial charge in [-0.15, -0.1) is 0 Å². The third kappa shape index (κ3) is 5.60. The second-order valence-corrected chi connectivity index (χ2v) is 10.4. The number of carbonyl (C=O) groups excluding carboxylic acids is 1. The van der Waals surface area contributed by atoms with Crippen molar-refractivity contribution in [2.75, 3.05) is 35.9 Å². The van der Waals surface area contributed by atoms with E-state index in [1.54, 1.807) is 0 Å². The molecule has 2 heterocycles. The molecule has 1 atom stereocenters. The van der Waals surface area contributed by atoms with Gasteiger partial charge in [0.05, 0.1) is 28.7 Å². The number of nitrogens with zero attached hydrogens (tertiary/aromatic N) is 1. The van der Waals surface area contributed by atoms with Gasteiger partial charge >= 0.3 is 6.09 Å². The van der Waals surface area contributed by atoms with Crippen molar-refractivity contribution in [1.29, 1.82) is 0 Å². The quantitative estimate of drug-likeness (QED) is 0.525. The lowest BCUT2D eigenvalue weighted by atomic mass is 9.99. The highest BCUT2D eigenvalue weighted by Crippen LogP contribution is 2.39. The normalized spacial score (nSPS) is 18.3. The number of sulfonamides is 1. The van der Waals surface area contributed by atoms with Crippen LogP contribution in [0.25, 0.3) is 0 Å². The number of benzene rings is 2.